The molecule has 4 nitrogen and oxygen atoms in total. The summed E-state index contributed by atoms with van der Waals surface area (Å²) in [6.07, 6.45) is 1.41. The molecule has 0 aromatic heterocycles. The van der Waals surface area contributed by atoms with Gasteiger partial charge in [0, 0.05) is 24.9 Å². The van der Waals surface area contributed by atoms with Crippen LogP contribution < -0.4 is 0 Å². The molecule has 0 spiro atoms. The number of rotatable bonds is 10. The van der Waals surface area contributed by atoms with Crippen LogP contribution in [-0.4, -0.2) is 50.0 Å². The predicted octanol–water partition coefficient (Wildman–Crippen LogP) is 2.41. The third-order valence-electron chi connectivity index (χ3n) is 2.86. The van der Waals surface area contributed by atoms with Gasteiger partial charge in [0.2, 0.25) is 10.0 Å². The van der Waals surface area contributed by atoms with Crippen molar-refractivity contribution in [1.82, 2.24) is 4.31 Å². The summed E-state index contributed by atoms with van der Waals surface area (Å²) in [4.78, 5) is 0. The van der Waals surface area contributed by atoms with Crippen LogP contribution in [0.1, 0.15) is 40.5 Å². The molecular formula is C13H29NO3S2. The first-order valence-corrected chi connectivity index (χ1v) is 8.83. The van der Waals surface area contributed by atoms with Crippen molar-refractivity contribution in [1.29, 1.82) is 0 Å². The molecule has 0 N–H and O–H groups in total. The second kappa shape index (κ2) is 8.49. The second-order valence-electron chi connectivity index (χ2n) is 5.95. The first kappa shape index (κ1) is 19.2. The van der Waals surface area contributed by atoms with E-state index in [0.29, 0.717) is 32.0 Å². The van der Waals surface area contributed by atoms with Crippen molar-refractivity contribution in [3.8, 4) is 0 Å². The molecule has 6 heteroatoms. The molecule has 0 aliphatic carbocycles. The largest absolute Gasteiger partial charge is 0.383 e. The van der Waals surface area contributed by atoms with Gasteiger partial charge in [-0.15, -0.1) is 0 Å². The van der Waals surface area contributed by atoms with Gasteiger partial charge < -0.3 is 4.74 Å². The van der Waals surface area contributed by atoms with Gasteiger partial charge in [-0.1, -0.05) is 27.7 Å². The standard InChI is InChI=1S/C13H29NO3S2/c1-12(2)6-11-19(15,16)14(9-10-17-5)8-7-13(3,4)18/h12,18H,6-11H2,1-5H3. The summed E-state index contributed by atoms with van der Waals surface area (Å²) < 4.78 is 31.0. The quantitative estimate of drug-likeness (QED) is 0.630. The highest BCUT2D eigenvalue weighted by Gasteiger charge is 2.24. The maximum Gasteiger partial charge on any atom is 0.214 e. The third-order valence-corrected chi connectivity index (χ3v) is 4.99. The number of hydrogen-bond acceptors (Lipinski definition) is 4. The monoisotopic (exact) mass is 311 g/mol. The minimum absolute atomic E-state index is 0.168. The zero-order chi connectivity index (χ0) is 15.1. The highest BCUT2D eigenvalue weighted by Crippen LogP contribution is 2.19. The number of methoxy groups -OCH3 is 1. The summed E-state index contributed by atoms with van der Waals surface area (Å²) in [5, 5.41) is 0. The van der Waals surface area contributed by atoms with Gasteiger partial charge in [0.1, 0.15) is 0 Å². The zero-order valence-electron chi connectivity index (χ0n) is 12.8. The highest BCUT2D eigenvalue weighted by molar-refractivity contribution is 7.89. The lowest BCUT2D eigenvalue weighted by Gasteiger charge is -2.26. The number of nitrogens with zero attached hydrogens (tertiary/aromatic N) is 1. The molecule has 0 heterocycles. The Hall–Kier alpha value is 0.220. The topological polar surface area (TPSA) is 46.6 Å². The van der Waals surface area contributed by atoms with Crippen LogP contribution in [0.2, 0.25) is 0 Å². The van der Waals surface area contributed by atoms with Gasteiger partial charge in [-0.3, -0.25) is 0 Å². The highest BCUT2D eigenvalue weighted by atomic mass is 32.2. The minimum Gasteiger partial charge on any atom is -0.383 e. The molecule has 0 atom stereocenters. The molecule has 0 saturated heterocycles. The van der Waals surface area contributed by atoms with E-state index in [-0.39, 0.29) is 10.5 Å². The molecule has 0 fully saturated rings. The maximum absolute atomic E-state index is 12.3. The Morgan fingerprint density at radius 2 is 1.84 bits per heavy atom. The van der Waals surface area contributed by atoms with Crippen LogP contribution in [0.25, 0.3) is 0 Å². The Morgan fingerprint density at radius 3 is 2.26 bits per heavy atom. The van der Waals surface area contributed by atoms with Crippen molar-refractivity contribution in [3.63, 3.8) is 0 Å². The van der Waals surface area contributed by atoms with Crippen LogP contribution in [-0.2, 0) is 14.8 Å². The fourth-order valence-corrected chi connectivity index (χ4v) is 3.34. The number of hydrogen-bond donors (Lipinski definition) is 1. The van der Waals surface area contributed by atoms with Crippen LogP contribution >= 0.6 is 12.6 Å². The van der Waals surface area contributed by atoms with Crippen LogP contribution in [0.15, 0.2) is 0 Å². The SMILES string of the molecule is COCCN(CCC(C)(C)S)S(=O)(=O)CCC(C)C. The summed E-state index contributed by atoms with van der Waals surface area (Å²) in [6, 6.07) is 0. The number of thiol groups is 1. The van der Waals surface area contributed by atoms with Crippen molar-refractivity contribution in [2.75, 3.05) is 32.6 Å². The van der Waals surface area contributed by atoms with E-state index >= 15 is 0 Å². The number of ether oxygens (including phenoxy) is 1. The molecule has 0 aliphatic rings. The average Bonchev–Trinajstić information content (AvgIpc) is 2.25. The smallest absolute Gasteiger partial charge is 0.214 e. The van der Waals surface area contributed by atoms with E-state index in [1.807, 2.05) is 27.7 Å². The Bertz CT molecular complexity index is 334. The first-order valence-electron chi connectivity index (χ1n) is 6.77. The summed E-state index contributed by atoms with van der Waals surface area (Å²) in [7, 11) is -1.61. The van der Waals surface area contributed by atoms with Crippen LogP contribution in [0, 0.1) is 5.92 Å². The Labute approximate surface area is 124 Å². The molecule has 0 aliphatic heterocycles. The minimum atomic E-state index is -3.19. The predicted molar refractivity (Wildman–Crippen MR) is 84.4 cm³/mol. The van der Waals surface area contributed by atoms with Gasteiger partial charge in [-0.25, -0.2) is 8.42 Å². The fraction of sp³-hybridized carbons (Fsp3) is 1.00. The van der Waals surface area contributed by atoms with Gasteiger partial charge in [0.05, 0.1) is 12.4 Å². The molecule has 0 bridgehead atoms. The van der Waals surface area contributed by atoms with Crippen LogP contribution in [0.4, 0.5) is 0 Å². The lowest BCUT2D eigenvalue weighted by atomic mass is 10.1. The number of sulfonamides is 1. The van der Waals surface area contributed by atoms with Gasteiger partial charge in [0.15, 0.2) is 0 Å². The summed E-state index contributed by atoms with van der Waals surface area (Å²) >= 11 is 4.45. The lowest BCUT2D eigenvalue weighted by molar-refractivity contribution is 0.177. The van der Waals surface area contributed by atoms with Crippen molar-refractivity contribution < 1.29 is 13.2 Å². The van der Waals surface area contributed by atoms with Gasteiger partial charge in [-0.2, -0.15) is 16.9 Å². The van der Waals surface area contributed by atoms with E-state index in [9.17, 15) is 8.42 Å². The summed E-state index contributed by atoms with van der Waals surface area (Å²) in [5.41, 5.74) is 0. The summed E-state index contributed by atoms with van der Waals surface area (Å²) in [6.45, 7) is 9.39. The second-order valence-corrected chi connectivity index (χ2v) is 9.25. The van der Waals surface area contributed by atoms with E-state index < -0.39 is 10.0 Å². The first-order chi connectivity index (χ1) is 8.58. The van der Waals surface area contributed by atoms with E-state index in [4.69, 9.17) is 4.74 Å². The molecule has 0 unspecified atom stereocenters. The van der Waals surface area contributed by atoms with Gasteiger partial charge >= 0.3 is 0 Å². The Balaban J connectivity index is 4.62. The maximum atomic E-state index is 12.3. The molecule has 116 valence electrons. The van der Waals surface area contributed by atoms with Gasteiger partial charge in [0.25, 0.3) is 0 Å². The van der Waals surface area contributed by atoms with Crippen LogP contribution in [0.5, 0.6) is 0 Å². The normalized spacial score (nSPS) is 13.5. The van der Waals surface area contributed by atoms with E-state index in [1.54, 1.807) is 7.11 Å². The zero-order valence-corrected chi connectivity index (χ0v) is 14.6. The molecule has 0 saturated carbocycles. The average molecular weight is 312 g/mol. The molecular weight excluding hydrogens is 282 g/mol. The van der Waals surface area contributed by atoms with E-state index in [2.05, 4.69) is 12.6 Å². The van der Waals surface area contributed by atoms with Crippen LogP contribution in [0.3, 0.4) is 0 Å². The lowest BCUT2D eigenvalue weighted by Crippen LogP contribution is -2.38. The molecule has 0 amide bonds. The van der Waals surface area contributed by atoms with Crippen molar-refractivity contribution in [3.05, 3.63) is 0 Å². The molecule has 0 radical (unpaired) electrons. The third kappa shape index (κ3) is 9.71. The Morgan fingerprint density at radius 1 is 1.26 bits per heavy atom. The molecule has 0 rings (SSSR count). The van der Waals surface area contributed by atoms with Gasteiger partial charge in [-0.05, 0) is 18.8 Å². The Kier molecular flexibility index (Phi) is 8.59. The van der Waals surface area contributed by atoms with Crippen molar-refractivity contribution in [2.24, 2.45) is 5.92 Å². The van der Waals surface area contributed by atoms with E-state index in [0.717, 1.165) is 6.42 Å². The van der Waals surface area contributed by atoms with Crippen molar-refractivity contribution in [2.45, 2.75) is 45.3 Å². The fourth-order valence-electron chi connectivity index (χ4n) is 1.50. The molecule has 0 aromatic carbocycles. The summed E-state index contributed by atoms with van der Waals surface area (Å²) in [5.74, 6) is 0.599. The molecule has 19 heavy (non-hydrogen) atoms. The molecule has 0 aromatic rings. The van der Waals surface area contributed by atoms with Crippen molar-refractivity contribution >= 4 is 22.7 Å². The van der Waals surface area contributed by atoms with E-state index in [1.165, 1.54) is 4.31 Å².